The Morgan fingerprint density at radius 3 is 2.50 bits per heavy atom. The maximum Gasteiger partial charge on any atom is 0.235 e. The molecule has 2 unspecified atom stereocenters. The van der Waals surface area contributed by atoms with Gasteiger partial charge in [-0.15, -0.1) is 0 Å². The van der Waals surface area contributed by atoms with Crippen molar-refractivity contribution in [2.24, 2.45) is 5.84 Å². The van der Waals surface area contributed by atoms with Crippen molar-refractivity contribution >= 4 is 5.91 Å². The van der Waals surface area contributed by atoms with Gasteiger partial charge in [0.05, 0.1) is 0 Å². The van der Waals surface area contributed by atoms with E-state index < -0.39 is 0 Å². The highest BCUT2D eigenvalue weighted by Gasteiger charge is 2.24. The molecule has 0 saturated carbocycles. The number of hydrazine groups is 1. The number of carbonyl (C=O) groups excluding carboxylic acids is 1. The highest BCUT2D eigenvalue weighted by molar-refractivity contribution is 5.75. The summed E-state index contributed by atoms with van der Waals surface area (Å²) in [4.78, 5) is 13.4. The van der Waals surface area contributed by atoms with Gasteiger partial charge in [0.2, 0.25) is 5.91 Å². The first-order valence-electron chi connectivity index (χ1n) is 5.40. The Labute approximate surface area is 85.8 Å². The number of nitrogens with one attached hydrogen (secondary N) is 1. The molecule has 2 atom stereocenters. The van der Waals surface area contributed by atoms with E-state index in [4.69, 9.17) is 5.84 Å². The van der Waals surface area contributed by atoms with Crippen LogP contribution in [0.2, 0.25) is 0 Å². The molecule has 1 rings (SSSR count). The van der Waals surface area contributed by atoms with E-state index in [9.17, 15) is 4.79 Å². The third-order valence-electron chi connectivity index (χ3n) is 3.13. The molecule has 1 fully saturated rings. The normalized spacial score (nSPS) is 28.8. The van der Waals surface area contributed by atoms with Crippen molar-refractivity contribution in [1.29, 1.82) is 0 Å². The molecule has 4 nitrogen and oxygen atoms in total. The lowest BCUT2D eigenvalue weighted by molar-refractivity contribution is -0.121. The van der Waals surface area contributed by atoms with Gasteiger partial charge in [-0.2, -0.15) is 0 Å². The van der Waals surface area contributed by atoms with Crippen LogP contribution in [0.1, 0.15) is 39.5 Å². The van der Waals surface area contributed by atoms with E-state index in [0.29, 0.717) is 18.5 Å². The van der Waals surface area contributed by atoms with Crippen molar-refractivity contribution in [2.75, 3.05) is 6.54 Å². The molecule has 4 heteroatoms. The maximum atomic E-state index is 11.0. The lowest BCUT2D eigenvalue weighted by atomic mass is 9.97. The Morgan fingerprint density at radius 2 is 2.00 bits per heavy atom. The molecule has 0 spiro atoms. The minimum absolute atomic E-state index is 0.0741. The van der Waals surface area contributed by atoms with Crippen molar-refractivity contribution < 1.29 is 4.79 Å². The van der Waals surface area contributed by atoms with Gasteiger partial charge in [0.1, 0.15) is 0 Å². The molecular weight excluding hydrogens is 178 g/mol. The molecule has 82 valence electrons. The lowest BCUT2D eigenvalue weighted by Crippen LogP contribution is -2.45. The Balaban J connectivity index is 2.36. The lowest BCUT2D eigenvalue weighted by Gasteiger charge is -2.38. The van der Waals surface area contributed by atoms with Gasteiger partial charge >= 0.3 is 0 Å². The summed E-state index contributed by atoms with van der Waals surface area (Å²) in [6, 6.07) is 1.20. The number of hydrogen-bond donors (Lipinski definition) is 2. The molecule has 1 aliphatic rings. The highest BCUT2D eigenvalue weighted by atomic mass is 16.2. The molecule has 1 saturated heterocycles. The molecule has 3 N–H and O–H groups in total. The van der Waals surface area contributed by atoms with Gasteiger partial charge < -0.3 is 0 Å². The molecule has 0 aromatic carbocycles. The van der Waals surface area contributed by atoms with Crippen molar-refractivity contribution in [2.45, 2.75) is 51.6 Å². The van der Waals surface area contributed by atoms with Crippen LogP contribution in [0.5, 0.6) is 0 Å². The topological polar surface area (TPSA) is 58.4 Å². The predicted octanol–water partition coefficient (Wildman–Crippen LogP) is 0.629. The predicted molar refractivity (Wildman–Crippen MR) is 56.4 cm³/mol. The van der Waals surface area contributed by atoms with Gasteiger partial charge in [0.25, 0.3) is 0 Å². The number of nitrogens with zero attached hydrogens (tertiary/aromatic N) is 1. The summed E-state index contributed by atoms with van der Waals surface area (Å²) in [6.45, 7) is 5.29. The van der Waals surface area contributed by atoms with E-state index in [0.717, 1.165) is 6.54 Å². The maximum absolute atomic E-state index is 11.0. The Hall–Kier alpha value is -0.610. The minimum Gasteiger partial charge on any atom is -0.297 e. The van der Waals surface area contributed by atoms with Crippen molar-refractivity contribution in [3.63, 3.8) is 0 Å². The average molecular weight is 199 g/mol. The van der Waals surface area contributed by atoms with E-state index in [-0.39, 0.29) is 5.91 Å². The van der Waals surface area contributed by atoms with Crippen LogP contribution < -0.4 is 11.3 Å². The fourth-order valence-corrected chi connectivity index (χ4v) is 2.22. The van der Waals surface area contributed by atoms with Crippen molar-refractivity contribution in [3.8, 4) is 0 Å². The Morgan fingerprint density at radius 1 is 1.43 bits per heavy atom. The summed E-state index contributed by atoms with van der Waals surface area (Å²) in [6.07, 6.45) is 4.30. The van der Waals surface area contributed by atoms with E-state index in [2.05, 4.69) is 24.2 Å². The molecule has 14 heavy (non-hydrogen) atoms. The molecule has 0 radical (unpaired) electrons. The van der Waals surface area contributed by atoms with Gasteiger partial charge in [-0.1, -0.05) is 6.42 Å². The Bertz CT molecular complexity index is 186. The minimum atomic E-state index is -0.0741. The molecule has 0 bridgehead atoms. The molecular formula is C10H21N3O. The van der Waals surface area contributed by atoms with Crippen LogP contribution in [0, 0.1) is 0 Å². The largest absolute Gasteiger partial charge is 0.297 e. The first kappa shape index (κ1) is 11.5. The van der Waals surface area contributed by atoms with Crippen LogP contribution in [-0.2, 0) is 4.79 Å². The number of carbonyl (C=O) groups is 1. The first-order chi connectivity index (χ1) is 6.65. The van der Waals surface area contributed by atoms with Gasteiger partial charge in [0.15, 0.2) is 0 Å². The van der Waals surface area contributed by atoms with Crippen LogP contribution in [0.15, 0.2) is 0 Å². The number of likely N-dealkylation sites (tertiary alicyclic amines) is 1. The first-order valence-corrected chi connectivity index (χ1v) is 5.40. The number of amides is 1. The zero-order valence-corrected chi connectivity index (χ0v) is 9.12. The van der Waals surface area contributed by atoms with Crippen molar-refractivity contribution in [3.05, 3.63) is 0 Å². The number of nitrogens with two attached hydrogens (primary N) is 1. The molecule has 0 aliphatic carbocycles. The van der Waals surface area contributed by atoms with Crippen LogP contribution >= 0.6 is 0 Å². The second kappa shape index (κ2) is 5.32. The molecule has 1 aliphatic heterocycles. The van der Waals surface area contributed by atoms with Crippen LogP contribution in [0.4, 0.5) is 0 Å². The number of rotatable bonds is 3. The molecule has 0 aromatic heterocycles. The zero-order chi connectivity index (χ0) is 10.6. The molecule has 1 amide bonds. The third kappa shape index (κ3) is 2.96. The quantitative estimate of drug-likeness (QED) is 0.398. The second-order valence-corrected chi connectivity index (χ2v) is 4.18. The third-order valence-corrected chi connectivity index (χ3v) is 3.13. The van der Waals surface area contributed by atoms with Gasteiger partial charge in [0, 0.05) is 25.0 Å². The van der Waals surface area contributed by atoms with Gasteiger partial charge in [-0.3, -0.25) is 15.1 Å². The van der Waals surface area contributed by atoms with Gasteiger partial charge in [-0.05, 0) is 26.7 Å². The van der Waals surface area contributed by atoms with E-state index in [1.807, 2.05) is 0 Å². The monoisotopic (exact) mass is 199 g/mol. The average Bonchev–Trinajstić information content (AvgIpc) is 2.16. The summed E-state index contributed by atoms with van der Waals surface area (Å²) in [5, 5.41) is 0. The highest BCUT2D eigenvalue weighted by Crippen LogP contribution is 2.22. The number of piperidine rings is 1. The smallest absolute Gasteiger partial charge is 0.235 e. The van der Waals surface area contributed by atoms with Crippen LogP contribution in [0.25, 0.3) is 0 Å². The summed E-state index contributed by atoms with van der Waals surface area (Å²) in [5.41, 5.74) is 2.17. The standard InChI is InChI=1S/C10H21N3O/c1-8-4-3-5-9(2)13(8)7-6-10(14)12-11/h8-9H,3-7,11H2,1-2H3,(H,12,14). The fraction of sp³-hybridized carbons (Fsp3) is 0.900. The Kier molecular flexibility index (Phi) is 4.35. The van der Waals surface area contributed by atoms with Crippen molar-refractivity contribution in [1.82, 2.24) is 10.3 Å². The fourth-order valence-electron chi connectivity index (χ4n) is 2.22. The molecule has 0 aromatic rings. The van der Waals surface area contributed by atoms with Crippen LogP contribution in [0.3, 0.4) is 0 Å². The van der Waals surface area contributed by atoms with E-state index in [1.165, 1.54) is 19.3 Å². The summed E-state index contributed by atoms with van der Waals surface area (Å²) in [5.74, 6) is 4.96. The SMILES string of the molecule is CC1CCCC(C)N1CCC(=O)NN. The molecule has 1 heterocycles. The van der Waals surface area contributed by atoms with E-state index in [1.54, 1.807) is 0 Å². The zero-order valence-electron chi connectivity index (χ0n) is 9.12. The summed E-state index contributed by atoms with van der Waals surface area (Å²) in [7, 11) is 0. The van der Waals surface area contributed by atoms with E-state index >= 15 is 0 Å². The second-order valence-electron chi connectivity index (χ2n) is 4.18. The summed E-state index contributed by atoms with van der Waals surface area (Å²) >= 11 is 0. The van der Waals surface area contributed by atoms with Crippen LogP contribution in [-0.4, -0.2) is 29.4 Å². The summed E-state index contributed by atoms with van der Waals surface area (Å²) < 4.78 is 0. The van der Waals surface area contributed by atoms with Gasteiger partial charge in [-0.25, -0.2) is 5.84 Å². The number of hydrogen-bond acceptors (Lipinski definition) is 3.